The van der Waals surface area contributed by atoms with Crippen LogP contribution in [0.1, 0.15) is 62.0 Å². The van der Waals surface area contributed by atoms with Crippen LogP contribution in [-0.4, -0.2) is 0 Å². The van der Waals surface area contributed by atoms with Crippen molar-refractivity contribution in [1.82, 2.24) is 0 Å². The van der Waals surface area contributed by atoms with Gasteiger partial charge in [-0.05, 0) is 39.4 Å². The summed E-state index contributed by atoms with van der Waals surface area (Å²) in [5.41, 5.74) is 4.83. The molecule has 0 amide bonds. The van der Waals surface area contributed by atoms with E-state index in [0.29, 0.717) is 11.8 Å². The molecule has 0 saturated heterocycles. The third-order valence-electron chi connectivity index (χ3n) is 5.71. The van der Waals surface area contributed by atoms with E-state index in [1.54, 1.807) is 0 Å². The van der Waals surface area contributed by atoms with Crippen LogP contribution in [0.2, 0.25) is 0 Å². The number of hydrogen-bond acceptors (Lipinski definition) is 0. The minimum atomic E-state index is 0.231. The highest BCUT2D eigenvalue weighted by molar-refractivity contribution is 9.24. The van der Waals surface area contributed by atoms with Crippen LogP contribution in [0.25, 0.3) is 0 Å². The van der Waals surface area contributed by atoms with E-state index >= 15 is 0 Å². The molecule has 0 saturated carbocycles. The zero-order valence-electron chi connectivity index (χ0n) is 12.7. The van der Waals surface area contributed by atoms with Crippen LogP contribution in [0.15, 0.2) is 18.2 Å². The summed E-state index contributed by atoms with van der Waals surface area (Å²) >= 11 is 7.24. The molecule has 0 heterocycles. The first-order valence-electron chi connectivity index (χ1n) is 7.03. The van der Waals surface area contributed by atoms with Gasteiger partial charge in [0.1, 0.15) is 0 Å². The van der Waals surface area contributed by atoms with E-state index in [1.807, 2.05) is 0 Å². The molecule has 0 bridgehead atoms. The van der Waals surface area contributed by atoms with Crippen LogP contribution in [0.4, 0.5) is 0 Å². The maximum Gasteiger partial charge on any atom is 0.0946 e. The Hall–Kier alpha value is 0.180. The van der Waals surface area contributed by atoms with E-state index in [-0.39, 0.29) is 14.6 Å². The second-order valence-corrected chi connectivity index (χ2v) is 10.2. The molecule has 0 radical (unpaired) electrons. The summed E-state index contributed by atoms with van der Waals surface area (Å²) in [7, 11) is 0. The third kappa shape index (κ3) is 2.33. The highest BCUT2D eigenvalue weighted by Crippen LogP contribution is 2.53. The Morgan fingerprint density at radius 1 is 0.895 bits per heavy atom. The molecule has 2 heteroatoms. The summed E-state index contributed by atoms with van der Waals surface area (Å²) in [5, 5.41) is 0. The molecule has 2 atom stereocenters. The number of benzene rings is 1. The van der Waals surface area contributed by atoms with Crippen LogP contribution in [0.3, 0.4) is 0 Å². The molecular formula is C17H24Br2. The number of halogens is 2. The van der Waals surface area contributed by atoms with Crippen LogP contribution in [0, 0.1) is 11.8 Å². The molecule has 1 aliphatic carbocycles. The zero-order chi connectivity index (χ0) is 14.6. The normalized spacial score (nSPS) is 28.3. The summed E-state index contributed by atoms with van der Waals surface area (Å²) < 4.78 is 0.235. The highest BCUT2D eigenvalue weighted by Gasteiger charge is 2.46. The van der Waals surface area contributed by atoms with Crippen molar-refractivity contribution in [2.24, 2.45) is 11.8 Å². The van der Waals surface area contributed by atoms with Gasteiger partial charge in [0.05, 0.1) is 3.74 Å². The Bertz CT molecular complexity index is 486. The van der Waals surface area contributed by atoms with E-state index in [0.717, 1.165) is 0 Å². The fourth-order valence-electron chi connectivity index (χ4n) is 3.53. The average molecular weight is 388 g/mol. The third-order valence-corrected chi connectivity index (χ3v) is 6.77. The zero-order valence-corrected chi connectivity index (χ0v) is 15.9. The molecule has 2 unspecified atom stereocenters. The molecule has 106 valence electrons. The lowest BCUT2D eigenvalue weighted by Crippen LogP contribution is -2.46. The SMILES string of the molecule is CC1C(C)C(C)(C)c2cc(C(Br)Br)ccc2C1(C)C. The van der Waals surface area contributed by atoms with E-state index in [1.165, 1.54) is 16.7 Å². The van der Waals surface area contributed by atoms with Gasteiger partial charge in [-0.15, -0.1) is 0 Å². The van der Waals surface area contributed by atoms with Crippen molar-refractivity contribution in [1.29, 1.82) is 0 Å². The molecule has 2 rings (SSSR count). The van der Waals surface area contributed by atoms with Gasteiger partial charge in [-0.3, -0.25) is 0 Å². The molecule has 0 aromatic heterocycles. The van der Waals surface area contributed by atoms with E-state index in [4.69, 9.17) is 0 Å². The molecule has 1 aromatic carbocycles. The molecule has 1 aromatic rings. The fourth-order valence-corrected chi connectivity index (χ4v) is 4.10. The standard InChI is InChI=1S/C17H24Br2/c1-10-11(2)17(5,6)14-9-12(15(18)19)7-8-13(14)16(10,3)4/h7-11,15H,1-6H3. The van der Waals surface area contributed by atoms with Gasteiger partial charge in [0.15, 0.2) is 0 Å². The molecule has 0 nitrogen and oxygen atoms in total. The largest absolute Gasteiger partial charge is 0.0946 e. The van der Waals surface area contributed by atoms with Crippen molar-refractivity contribution in [2.45, 2.75) is 56.1 Å². The molecule has 0 N–H and O–H groups in total. The fraction of sp³-hybridized carbons (Fsp3) is 0.647. The first-order valence-corrected chi connectivity index (χ1v) is 8.86. The molecule has 0 aliphatic heterocycles. The van der Waals surface area contributed by atoms with Gasteiger partial charge in [0.25, 0.3) is 0 Å². The minimum absolute atomic E-state index is 0.231. The predicted molar refractivity (Wildman–Crippen MR) is 91.4 cm³/mol. The smallest absolute Gasteiger partial charge is 0.0712 e. The second-order valence-electron chi connectivity index (χ2n) is 7.13. The molecule has 0 fully saturated rings. The van der Waals surface area contributed by atoms with Crippen LogP contribution in [-0.2, 0) is 10.8 Å². The van der Waals surface area contributed by atoms with E-state index in [9.17, 15) is 0 Å². The summed E-state index contributed by atoms with van der Waals surface area (Å²) in [6.07, 6.45) is 0. The number of alkyl halides is 2. The van der Waals surface area contributed by atoms with Gasteiger partial charge in [0, 0.05) is 0 Å². The van der Waals surface area contributed by atoms with Crippen LogP contribution >= 0.6 is 31.9 Å². The maximum atomic E-state index is 3.62. The Labute approximate surface area is 134 Å². The molecular weight excluding hydrogens is 364 g/mol. The predicted octanol–water partition coefficient (Wildman–Crippen LogP) is 6.32. The summed E-state index contributed by atoms with van der Waals surface area (Å²) in [6.45, 7) is 14.4. The highest BCUT2D eigenvalue weighted by atomic mass is 79.9. The lowest BCUT2D eigenvalue weighted by molar-refractivity contribution is 0.144. The van der Waals surface area contributed by atoms with Crippen LogP contribution in [0.5, 0.6) is 0 Å². The van der Waals surface area contributed by atoms with Crippen molar-refractivity contribution >= 4 is 31.9 Å². The quantitative estimate of drug-likeness (QED) is 0.494. The van der Waals surface area contributed by atoms with Gasteiger partial charge in [0.2, 0.25) is 0 Å². The first kappa shape index (κ1) is 15.6. The monoisotopic (exact) mass is 386 g/mol. The molecule has 1 aliphatic rings. The van der Waals surface area contributed by atoms with E-state index < -0.39 is 0 Å². The van der Waals surface area contributed by atoms with Gasteiger partial charge < -0.3 is 0 Å². The van der Waals surface area contributed by atoms with Crippen LogP contribution < -0.4 is 0 Å². The number of rotatable bonds is 1. The number of hydrogen-bond donors (Lipinski definition) is 0. The minimum Gasteiger partial charge on any atom is -0.0712 e. The second kappa shape index (κ2) is 4.87. The summed E-state index contributed by atoms with van der Waals surface area (Å²) in [4.78, 5) is 0. The van der Waals surface area contributed by atoms with Crippen molar-refractivity contribution in [3.8, 4) is 0 Å². The average Bonchev–Trinajstić information content (AvgIpc) is 2.34. The lowest BCUT2D eigenvalue weighted by Gasteiger charge is -2.51. The van der Waals surface area contributed by atoms with Crippen molar-refractivity contribution in [3.63, 3.8) is 0 Å². The topological polar surface area (TPSA) is 0 Å². The van der Waals surface area contributed by atoms with Gasteiger partial charge in [-0.25, -0.2) is 0 Å². The van der Waals surface area contributed by atoms with Gasteiger partial charge >= 0.3 is 0 Å². The molecule has 0 spiro atoms. The van der Waals surface area contributed by atoms with Crippen molar-refractivity contribution in [2.75, 3.05) is 0 Å². The Morgan fingerprint density at radius 3 is 1.84 bits per heavy atom. The summed E-state index contributed by atoms with van der Waals surface area (Å²) in [5.74, 6) is 1.36. The van der Waals surface area contributed by atoms with E-state index in [2.05, 4.69) is 91.6 Å². The lowest BCUT2D eigenvalue weighted by atomic mass is 9.53. The Morgan fingerprint density at radius 2 is 1.37 bits per heavy atom. The van der Waals surface area contributed by atoms with Gasteiger partial charge in [-0.1, -0.05) is 91.6 Å². The first-order chi connectivity index (χ1) is 8.60. The number of fused-ring (bicyclic) bond motifs is 1. The summed E-state index contributed by atoms with van der Waals surface area (Å²) in [6, 6.07) is 6.96. The van der Waals surface area contributed by atoms with Gasteiger partial charge in [-0.2, -0.15) is 0 Å². The molecule has 19 heavy (non-hydrogen) atoms. The van der Waals surface area contributed by atoms with Crippen molar-refractivity contribution in [3.05, 3.63) is 34.9 Å². The maximum absolute atomic E-state index is 3.62. The Kier molecular flexibility index (Phi) is 3.99. The van der Waals surface area contributed by atoms with Crippen molar-refractivity contribution < 1.29 is 0 Å². The Balaban J connectivity index is 2.69.